The average Bonchev–Trinajstić information content (AvgIpc) is 2.93. The number of ether oxygens (including phenoxy) is 2. The van der Waals surface area contributed by atoms with E-state index >= 15 is 0 Å². The zero-order valence-electron chi connectivity index (χ0n) is 15.6. The number of nitro benzene ring substituents is 1. The predicted octanol–water partition coefficient (Wildman–Crippen LogP) is 3.26. The van der Waals surface area contributed by atoms with E-state index in [2.05, 4.69) is 5.32 Å². The van der Waals surface area contributed by atoms with Crippen molar-refractivity contribution in [2.24, 2.45) is 5.92 Å². The fourth-order valence-electron chi connectivity index (χ4n) is 3.04. The molecular weight excluding hydrogens is 366 g/mol. The fourth-order valence-corrected chi connectivity index (χ4v) is 3.04. The van der Waals surface area contributed by atoms with Crippen LogP contribution in [0.5, 0.6) is 11.5 Å². The zero-order valence-corrected chi connectivity index (χ0v) is 15.6. The molecule has 0 spiro atoms. The maximum atomic E-state index is 12.2. The second-order valence-corrected chi connectivity index (χ2v) is 6.33. The third-order valence-electron chi connectivity index (χ3n) is 4.47. The van der Waals surface area contributed by atoms with Crippen molar-refractivity contribution in [3.05, 3.63) is 46.5 Å². The first-order chi connectivity index (χ1) is 13.3. The highest BCUT2D eigenvalue weighted by Crippen LogP contribution is 2.36. The summed E-state index contributed by atoms with van der Waals surface area (Å²) in [6, 6.07) is 9.19. The van der Waals surface area contributed by atoms with Crippen molar-refractivity contribution >= 4 is 34.6 Å². The largest absolute Gasteiger partial charge is 0.493 e. The van der Waals surface area contributed by atoms with Crippen LogP contribution in [0.2, 0.25) is 0 Å². The minimum absolute atomic E-state index is 0.0955. The first-order valence-corrected chi connectivity index (χ1v) is 8.50. The van der Waals surface area contributed by atoms with Crippen LogP contribution in [0.4, 0.5) is 22.7 Å². The summed E-state index contributed by atoms with van der Waals surface area (Å²) in [6.45, 7) is 1.65. The van der Waals surface area contributed by atoms with Crippen LogP contribution in [0.1, 0.15) is 13.3 Å². The Bertz CT molecular complexity index is 959. The molecule has 28 heavy (non-hydrogen) atoms. The van der Waals surface area contributed by atoms with Gasteiger partial charge in [-0.15, -0.1) is 0 Å². The summed E-state index contributed by atoms with van der Waals surface area (Å²) in [6.07, 6.45) is 0.0955. The van der Waals surface area contributed by atoms with Gasteiger partial charge in [-0.3, -0.25) is 24.6 Å². The van der Waals surface area contributed by atoms with Crippen molar-refractivity contribution in [1.82, 2.24) is 0 Å². The van der Waals surface area contributed by atoms with Gasteiger partial charge >= 0.3 is 0 Å². The first kappa shape index (κ1) is 19.2. The van der Waals surface area contributed by atoms with Gasteiger partial charge in [0, 0.05) is 30.2 Å². The summed E-state index contributed by atoms with van der Waals surface area (Å²) in [4.78, 5) is 36.3. The highest BCUT2D eigenvalue weighted by atomic mass is 16.6. The molecule has 1 saturated heterocycles. The molecule has 0 aliphatic carbocycles. The van der Waals surface area contributed by atoms with E-state index in [9.17, 15) is 19.7 Å². The molecule has 2 amide bonds. The number of nitrogens with zero attached hydrogens (tertiary/aromatic N) is 2. The summed E-state index contributed by atoms with van der Waals surface area (Å²) in [5, 5.41) is 14.5. The van der Waals surface area contributed by atoms with E-state index < -0.39 is 10.8 Å². The normalized spacial score (nSPS) is 16.2. The Morgan fingerprint density at radius 1 is 1.11 bits per heavy atom. The van der Waals surface area contributed by atoms with Crippen LogP contribution in [0.25, 0.3) is 0 Å². The lowest BCUT2D eigenvalue weighted by atomic mass is 10.1. The Morgan fingerprint density at radius 3 is 2.39 bits per heavy atom. The number of anilines is 3. The number of imide groups is 1. The zero-order chi connectivity index (χ0) is 20.4. The van der Waals surface area contributed by atoms with Crippen LogP contribution in [0, 0.1) is 16.0 Å². The number of benzene rings is 2. The van der Waals surface area contributed by atoms with Gasteiger partial charge in [0.25, 0.3) is 5.69 Å². The lowest BCUT2D eigenvalue weighted by Gasteiger charge is -2.16. The SMILES string of the molecule is COc1ccc(Nc2ccc(N3C(=O)C[C@@H](C)C3=O)cc2[N+](=O)[O-])cc1OC. The number of nitro groups is 1. The molecule has 2 aromatic rings. The van der Waals surface area contributed by atoms with Gasteiger partial charge in [-0.05, 0) is 24.3 Å². The summed E-state index contributed by atoms with van der Waals surface area (Å²) in [7, 11) is 3.00. The number of hydrogen-bond donors (Lipinski definition) is 1. The second kappa shape index (κ2) is 7.55. The van der Waals surface area contributed by atoms with Crippen molar-refractivity contribution in [2.45, 2.75) is 13.3 Å². The lowest BCUT2D eigenvalue weighted by molar-refractivity contribution is -0.383. The van der Waals surface area contributed by atoms with E-state index in [1.54, 1.807) is 25.1 Å². The molecule has 9 nitrogen and oxygen atoms in total. The van der Waals surface area contributed by atoms with Gasteiger partial charge in [0.2, 0.25) is 11.8 Å². The van der Waals surface area contributed by atoms with Crippen molar-refractivity contribution in [2.75, 3.05) is 24.4 Å². The van der Waals surface area contributed by atoms with E-state index in [0.717, 1.165) is 4.90 Å². The van der Waals surface area contributed by atoms with Crippen LogP contribution in [-0.4, -0.2) is 31.0 Å². The quantitative estimate of drug-likeness (QED) is 0.461. The molecule has 9 heteroatoms. The fraction of sp³-hybridized carbons (Fsp3) is 0.263. The van der Waals surface area contributed by atoms with E-state index in [4.69, 9.17) is 9.47 Å². The van der Waals surface area contributed by atoms with E-state index in [0.29, 0.717) is 17.2 Å². The lowest BCUT2D eigenvalue weighted by Crippen LogP contribution is -2.30. The molecule has 0 aromatic heterocycles. The molecule has 1 aliphatic heterocycles. The summed E-state index contributed by atoms with van der Waals surface area (Å²) in [5.74, 6) is -0.171. The van der Waals surface area contributed by atoms with E-state index in [-0.39, 0.29) is 35.3 Å². The van der Waals surface area contributed by atoms with Gasteiger partial charge in [0.1, 0.15) is 5.69 Å². The summed E-state index contributed by atoms with van der Waals surface area (Å²) < 4.78 is 10.4. The standard InChI is InChI=1S/C19H19N3O6/c1-11-8-18(23)21(19(11)24)13-5-6-14(15(10-13)22(25)26)20-12-4-7-16(27-2)17(9-12)28-3/h4-7,9-11,20H,8H2,1-3H3/t11-/m1/s1. The number of hydrogen-bond acceptors (Lipinski definition) is 7. The van der Waals surface area contributed by atoms with Gasteiger partial charge in [0.05, 0.1) is 24.8 Å². The summed E-state index contributed by atoms with van der Waals surface area (Å²) >= 11 is 0. The maximum absolute atomic E-state index is 12.2. The summed E-state index contributed by atoms with van der Waals surface area (Å²) in [5.41, 5.74) is 0.694. The van der Waals surface area contributed by atoms with Gasteiger partial charge in [-0.1, -0.05) is 6.92 Å². The van der Waals surface area contributed by atoms with Gasteiger partial charge in [-0.25, -0.2) is 0 Å². The topological polar surface area (TPSA) is 111 Å². The van der Waals surface area contributed by atoms with Crippen LogP contribution in [-0.2, 0) is 9.59 Å². The molecule has 146 valence electrons. The molecule has 1 atom stereocenters. The molecular formula is C19H19N3O6. The van der Waals surface area contributed by atoms with Crippen LogP contribution in [0.15, 0.2) is 36.4 Å². The molecule has 1 heterocycles. The number of nitrogens with one attached hydrogen (secondary N) is 1. The van der Waals surface area contributed by atoms with Crippen molar-refractivity contribution < 1.29 is 24.0 Å². The number of carbonyl (C=O) groups is 2. The van der Waals surface area contributed by atoms with Gasteiger partial charge < -0.3 is 14.8 Å². The smallest absolute Gasteiger partial charge is 0.294 e. The maximum Gasteiger partial charge on any atom is 0.294 e. The Morgan fingerprint density at radius 2 is 1.82 bits per heavy atom. The van der Waals surface area contributed by atoms with Crippen LogP contribution >= 0.6 is 0 Å². The van der Waals surface area contributed by atoms with Gasteiger partial charge in [0.15, 0.2) is 11.5 Å². The first-order valence-electron chi connectivity index (χ1n) is 8.50. The molecule has 1 aliphatic rings. The minimum Gasteiger partial charge on any atom is -0.493 e. The number of carbonyl (C=O) groups excluding carboxylic acids is 2. The Labute approximate surface area is 161 Å². The minimum atomic E-state index is -0.568. The highest BCUT2D eigenvalue weighted by Gasteiger charge is 2.37. The van der Waals surface area contributed by atoms with Crippen molar-refractivity contribution in [3.63, 3.8) is 0 Å². The monoisotopic (exact) mass is 385 g/mol. The molecule has 0 saturated carbocycles. The van der Waals surface area contributed by atoms with Crippen molar-refractivity contribution in [3.8, 4) is 11.5 Å². The van der Waals surface area contributed by atoms with Crippen molar-refractivity contribution in [1.29, 1.82) is 0 Å². The molecule has 3 rings (SSSR count). The predicted molar refractivity (Wildman–Crippen MR) is 102 cm³/mol. The Kier molecular flexibility index (Phi) is 5.16. The number of methoxy groups -OCH3 is 2. The molecule has 0 unspecified atom stereocenters. The van der Waals surface area contributed by atoms with Crippen LogP contribution < -0.4 is 19.7 Å². The number of rotatable bonds is 6. The third-order valence-corrected chi connectivity index (χ3v) is 4.47. The number of amides is 2. The molecule has 0 radical (unpaired) electrons. The molecule has 1 N–H and O–H groups in total. The van der Waals surface area contributed by atoms with E-state index in [1.807, 2.05) is 0 Å². The molecule has 2 aromatic carbocycles. The molecule has 0 bridgehead atoms. The third kappa shape index (κ3) is 3.46. The molecule has 1 fully saturated rings. The highest BCUT2D eigenvalue weighted by molar-refractivity contribution is 6.21. The van der Waals surface area contributed by atoms with E-state index in [1.165, 1.54) is 32.4 Å². The van der Waals surface area contributed by atoms with Gasteiger partial charge in [-0.2, -0.15) is 0 Å². The Balaban J connectivity index is 1.96. The second-order valence-electron chi connectivity index (χ2n) is 6.33. The Hall–Kier alpha value is -3.62. The van der Waals surface area contributed by atoms with Crippen LogP contribution in [0.3, 0.4) is 0 Å². The average molecular weight is 385 g/mol.